The van der Waals surface area contributed by atoms with Crippen molar-refractivity contribution in [2.45, 2.75) is 32.9 Å². The summed E-state index contributed by atoms with van der Waals surface area (Å²) in [5.74, 6) is -0.990. The number of hydrogen-bond acceptors (Lipinski definition) is 2. The first kappa shape index (κ1) is 15.5. The van der Waals surface area contributed by atoms with E-state index in [9.17, 15) is 18.0 Å². The van der Waals surface area contributed by atoms with Gasteiger partial charge >= 0.3 is 12.1 Å². The minimum Gasteiger partial charge on any atom is -0.466 e. The molecule has 0 fully saturated rings. The highest BCUT2D eigenvalue weighted by Gasteiger charge is 2.31. The Morgan fingerprint density at radius 3 is 2.11 bits per heavy atom. The lowest BCUT2D eigenvalue weighted by molar-refractivity contribution is -0.146. The molecule has 0 radical (unpaired) electrons. The van der Waals surface area contributed by atoms with E-state index in [0.717, 1.165) is 12.1 Å². The third-order valence-corrected chi connectivity index (χ3v) is 2.80. The van der Waals surface area contributed by atoms with E-state index in [1.165, 1.54) is 12.1 Å². The van der Waals surface area contributed by atoms with Gasteiger partial charge in [0.25, 0.3) is 0 Å². The van der Waals surface area contributed by atoms with E-state index in [-0.39, 0.29) is 12.5 Å². The Morgan fingerprint density at radius 2 is 1.74 bits per heavy atom. The zero-order valence-electron chi connectivity index (χ0n) is 11.1. The number of carbonyl (C=O) groups is 1. The molecule has 0 aliphatic rings. The van der Waals surface area contributed by atoms with E-state index in [1.54, 1.807) is 6.92 Å². The van der Waals surface area contributed by atoms with Crippen LogP contribution in [0.1, 0.15) is 37.8 Å². The van der Waals surface area contributed by atoms with Crippen molar-refractivity contribution in [2.75, 3.05) is 6.61 Å². The van der Waals surface area contributed by atoms with Crippen molar-refractivity contribution < 1.29 is 22.7 Å². The summed E-state index contributed by atoms with van der Waals surface area (Å²) in [6.45, 7) is 5.61. The van der Waals surface area contributed by atoms with Gasteiger partial charge in [-0.1, -0.05) is 26.0 Å². The molecular weight excluding hydrogens is 257 g/mol. The first-order valence-electron chi connectivity index (χ1n) is 6.11. The third-order valence-electron chi connectivity index (χ3n) is 2.80. The molecule has 0 heterocycles. The summed E-state index contributed by atoms with van der Waals surface area (Å²) in [6, 6.07) is 4.66. The predicted octanol–water partition coefficient (Wildman–Crippen LogP) is 4.01. The average molecular weight is 274 g/mol. The van der Waals surface area contributed by atoms with Gasteiger partial charge in [-0.25, -0.2) is 0 Å². The molecule has 0 N–H and O–H groups in total. The summed E-state index contributed by atoms with van der Waals surface area (Å²) in [5.41, 5.74) is -0.177. The van der Waals surface area contributed by atoms with Gasteiger partial charge < -0.3 is 4.74 Å². The van der Waals surface area contributed by atoms with Gasteiger partial charge in [0.1, 0.15) is 0 Å². The second kappa shape index (κ2) is 6.08. The minimum absolute atomic E-state index is 0.0456. The summed E-state index contributed by atoms with van der Waals surface area (Å²) < 4.78 is 42.4. The Labute approximate surface area is 110 Å². The fourth-order valence-electron chi connectivity index (χ4n) is 1.90. The number of hydrogen-bond donors (Lipinski definition) is 0. The molecule has 1 aromatic rings. The monoisotopic (exact) mass is 274 g/mol. The van der Waals surface area contributed by atoms with E-state index in [4.69, 9.17) is 4.74 Å². The molecule has 106 valence electrons. The predicted molar refractivity (Wildman–Crippen MR) is 65.7 cm³/mol. The largest absolute Gasteiger partial charge is 0.466 e. The highest BCUT2D eigenvalue weighted by atomic mass is 19.4. The number of halogens is 3. The molecular formula is C14H17F3O2. The second-order valence-corrected chi connectivity index (χ2v) is 4.59. The summed E-state index contributed by atoms with van der Waals surface area (Å²) in [5, 5.41) is 0. The van der Waals surface area contributed by atoms with Crippen molar-refractivity contribution in [3.63, 3.8) is 0 Å². The van der Waals surface area contributed by atoms with Crippen molar-refractivity contribution in [3.05, 3.63) is 35.4 Å². The number of esters is 1. The van der Waals surface area contributed by atoms with Crippen LogP contribution in [-0.4, -0.2) is 12.6 Å². The Morgan fingerprint density at radius 1 is 1.21 bits per heavy atom. The minimum atomic E-state index is -4.37. The van der Waals surface area contributed by atoms with Crippen molar-refractivity contribution >= 4 is 5.97 Å². The van der Waals surface area contributed by atoms with Crippen LogP contribution < -0.4 is 0 Å². The van der Waals surface area contributed by atoms with Gasteiger partial charge in [-0.05, 0) is 30.5 Å². The lowest BCUT2D eigenvalue weighted by atomic mass is 9.88. The van der Waals surface area contributed by atoms with Crippen LogP contribution in [0.2, 0.25) is 0 Å². The van der Waals surface area contributed by atoms with Gasteiger partial charge in [0, 0.05) is 0 Å². The number of alkyl halides is 3. The molecule has 0 amide bonds. The molecule has 0 spiro atoms. The SMILES string of the molecule is CCOC(=O)C(c1ccc(C(F)(F)F)cc1)C(C)C. The number of carbonyl (C=O) groups excluding carboxylic acids is 1. The van der Waals surface area contributed by atoms with Crippen LogP contribution in [0.4, 0.5) is 13.2 Å². The Bertz CT molecular complexity index is 421. The number of benzene rings is 1. The van der Waals surface area contributed by atoms with Crippen LogP contribution in [0.5, 0.6) is 0 Å². The van der Waals surface area contributed by atoms with Gasteiger partial charge in [-0.15, -0.1) is 0 Å². The smallest absolute Gasteiger partial charge is 0.416 e. The van der Waals surface area contributed by atoms with Crippen LogP contribution >= 0.6 is 0 Å². The van der Waals surface area contributed by atoms with Gasteiger partial charge in [0.15, 0.2) is 0 Å². The summed E-state index contributed by atoms with van der Waals surface area (Å²) in [6.07, 6.45) is -4.37. The summed E-state index contributed by atoms with van der Waals surface area (Å²) in [7, 11) is 0. The molecule has 1 rings (SSSR count). The average Bonchev–Trinajstić information content (AvgIpc) is 2.28. The van der Waals surface area contributed by atoms with Crippen molar-refractivity contribution in [3.8, 4) is 0 Å². The van der Waals surface area contributed by atoms with Gasteiger partial charge in [-0.2, -0.15) is 13.2 Å². The van der Waals surface area contributed by atoms with E-state index >= 15 is 0 Å². The lowest BCUT2D eigenvalue weighted by Gasteiger charge is -2.20. The number of ether oxygens (including phenoxy) is 1. The quantitative estimate of drug-likeness (QED) is 0.775. The maximum atomic E-state index is 12.5. The molecule has 2 nitrogen and oxygen atoms in total. The highest BCUT2D eigenvalue weighted by Crippen LogP contribution is 2.32. The van der Waals surface area contributed by atoms with Crippen molar-refractivity contribution in [1.29, 1.82) is 0 Å². The van der Waals surface area contributed by atoms with Crippen LogP contribution in [0.3, 0.4) is 0 Å². The standard InChI is InChI=1S/C14H17F3O2/c1-4-19-13(18)12(9(2)3)10-5-7-11(8-6-10)14(15,16)17/h5-9,12H,4H2,1-3H3. The Balaban J connectivity index is 3.02. The normalized spacial score (nSPS) is 13.4. The fraction of sp³-hybridized carbons (Fsp3) is 0.500. The van der Waals surface area contributed by atoms with E-state index in [0.29, 0.717) is 5.56 Å². The fourth-order valence-corrected chi connectivity index (χ4v) is 1.90. The van der Waals surface area contributed by atoms with E-state index in [1.807, 2.05) is 13.8 Å². The van der Waals surface area contributed by atoms with Crippen molar-refractivity contribution in [1.82, 2.24) is 0 Å². The van der Waals surface area contributed by atoms with Gasteiger partial charge in [0.2, 0.25) is 0 Å². The Kier molecular flexibility index (Phi) is 4.97. The van der Waals surface area contributed by atoms with Crippen LogP contribution in [0.25, 0.3) is 0 Å². The molecule has 1 aromatic carbocycles. The third kappa shape index (κ3) is 3.98. The van der Waals surface area contributed by atoms with Gasteiger partial charge in [-0.3, -0.25) is 4.79 Å². The first-order valence-corrected chi connectivity index (χ1v) is 6.11. The summed E-state index contributed by atoms with van der Waals surface area (Å²) in [4.78, 5) is 11.8. The van der Waals surface area contributed by atoms with E-state index < -0.39 is 23.6 Å². The van der Waals surface area contributed by atoms with Crippen molar-refractivity contribution in [2.24, 2.45) is 5.92 Å². The van der Waals surface area contributed by atoms with Crippen LogP contribution in [0.15, 0.2) is 24.3 Å². The molecule has 0 aliphatic carbocycles. The summed E-state index contributed by atoms with van der Waals surface area (Å²) >= 11 is 0. The molecule has 0 aliphatic heterocycles. The molecule has 0 aromatic heterocycles. The molecule has 0 saturated carbocycles. The molecule has 1 atom stereocenters. The maximum Gasteiger partial charge on any atom is 0.416 e. The van der Waals surface area contributed by atoms with Crippen LogP contribution in [0, 0.1) is 5.92 Å². The zero-order chi connectivity index (χ0) is 14.6. The second-order valence-electron chi connectivity index (χ2n) is 4.59. The zero-order valence-corrected chi connectivity index (χ0v) is 11.1. The molecule has 0 saturated heterocycles. The number of rotatable bonds is 4. The lowest BCUT2D eigenvalue weighted by Crippen LogP contribution is -2.21. The molecule has 19 heavy (non-hydrogen) atoms. The van der Waals surface area contributed by atoms with Crippen LogP contribution in [-0.2, 0) is 15.7 Å². The Hall–Kier alpha value is -1.52. The van der Waals surface area contributed by atoms with E-state index in [2.05, 4.69) is 0 Å². The maximum absolute atomic E-state index is 12.5. The topological polar surface area (TPSA) is 26.3 Å². The molecule has 1 unspecified atom stereocenters. The molecule has 5 heteroatoms. The molecule has 0 bridgehead atoms. The highest BCUT2D eigenvalue weighted by molar-refractivity contribution is 5.78. The first-order chi connectivity index (χ1) is 8.77. The van der Waals surface area contributed by atoms with Gasteiger partial charge in [0.05, 0.1) is 18.1 Å².